The van der Waals surface area contributed by atoms with Crippen molar-refractivity contribution in [1.82, 2.24) is 0 Å². The molecule has 9 nitrogen and oxygen atoms in total. The maximum absolute atomic E-state index is 10.7. The minimum absolute atomic E-state index is 0.0863. The summed E-state index contributed by atoms with van der Waals surface area (Å²) in [5, 5.41) is 72.8. The number of phenols is 7. The van der Waals surface area contributed by atoms with Crippen molar-refractivity contribution in [1.29, 1.82) is 0 Å². The van der Waals surface area contributed by atoms with E-state index >= 15 is 0 Å². The van der Waals surface area contributed by atoms with E-state index in [9.17, 15) is 35.7 Å². The van der Waals surface area contributed by atoms with Gasteiger partial charge in [0.1, 0.15) is 64.0 Å². The highest BCUT2D eigenvalue weighted by Crippen LogP contribution is 2.60. The van der Waals surface area contributed by atoms with Crippen molar-refractivity contribution < 1.29 is 45.2 Å². The molecule has 2 aliphatic heterocycles. The molecule has 0 aromatic heterocycles. The average molecular weight is 681 g/mol. The topological polar surface area (TPSA) is 160 Å². The standard InChI is InChI=1S/C42H32O9/c43-27-8-1-22(2-9-27)3-14-34-39-35(50-41(23-4-10-28(44)11-5-23)37(39)25-15-30(46)19-31(47)16-25)21-36-40(34)38(26-17-32(48)20-33(49)18-26)42(51-36)24-6-12-29(45)13-7-24/h1-21,37-38,41-49H/b14-3+/t37-,38-,41-,42-/m1/s1. The molecule has 0 saturated heterocycles. The zero-order valence-corrected chi connectivity index (χ0v) is 26.9. The summed E-state index contributed by atoms with van der Waals surface area (Å²) in [7, 11) is 0. The molecule has 0 fully saturated rings. The summed E-state index contributed by atoms with van der Waals surface area (Å²) in [5.74, 6) is -0.409. The molecule has 0 bridgehead atoms. The van der Waals surface area contributed by atoms with Gasteiger partial charge in [-0.15, -0.1) is 0 Å². The Kier molecular flexibility index (Phi) is 7.60. The second kappa shape index (κ2) is 12.3. The number of benzene rings is 6. The van der Waals surface area contributed by atoms with E-state index in [0.29, 0.717) is 28.2 Å². The monoisotopic (exact) mass is 680 g/mol. The van der Waals surface area contributed by atoms with Crippen molar-refractivity contribution >= 4 is 12.2 Å². The van der Waals surface area contributed by atoms with E-state index in [1.165, 1.54) is 12.1 Å². The molecule has 51 heavy (non-hydrogen) atoms. The predicted molar refractivity (Wildman–Crippen MR) is 190 cm³/mol. The first-order valence-corrected chi connectivity index (χ1v) is 16.3. The summed E-state index contributed by atoms with van der Waals surface area (Å²) in [6, 6.07) is 30.7. The van der Waals surface area contributed by atoms with Crippen LogP contribution in [0.3, 0.4) is 0 Å². The molecule has 6 aromatic carbocycles. The first kappa shape index (κ1) is 31.5. The molecular weight excluding hydrogens is 648 g/mol. The van der Waals surface area contributed by atoms with Crippen molar-refractivity contribution in [2.45, 2.75) is 24.0 Å². The number of phenolic OH excluding ortho intramolecular Hbond substituents is 7. The van der Waals surface area contributed by atoms with Crippen LogP contribution in [0.15, 0.2) is 115 Å². The number of ether oxygens (including phenoxy) is 2. The third kappa shape index (κ3) is 5.84. The molecule has 2 aliphatic rings. The summed E-state index contributed by atoms with van der Waals surface area (Å²) < 4.78 is 13.5. The van der Waals surface area contributed by atoms with Gasteiger partial charge in [0.15, 0.2) is 0 Å². The van der Waals surface area contributed by atoms with Crippen LogP contribution >= 0.6 is 0 Å². The fourth-order valence-corrected chi connectivity index (χ4v) is 7.31. The Morgan fingerprint density at radius 3 is 1.14 bits per heavy atom. The molecule has 6 aromatic rings. The lowest BCUT2D eigenvalue weighted by Gasteiger charge is -2.24. The van der Waals surface area contributed by atoms with Crippen molar-refractivity contribution in [2.75, 3.05) is 0 Å². The van der Waals surface area contributed by atoms with Crippen LogP contribution in [0.2, 0.25) is 0 Å². The van der Waals surface area contributed by atoms with E-state index in [1.807, 2.05) is 18.2 Å². The zero-order chi connectivity index (χ0) is 35.4. The van der Waals surface area contributed by atoms with E-state index in [4.69, 9.17) is 9.47 Å². The SMILES string of the molecule is Oc1ccc(/C=C/c2c3c(cc4c2[C@@H](c2cc(O)cc(O)c2)[C@@H](c2ccc(O)cc2)O4)O[C@H](c2ccc(O)cc2)[C@@H]3c2cc(O)cc(O)c2)cc1. The number of rotatable bonds is 6. The van der Waals surface area contributed by atoms with Crippen molar-refractivity contribution in [3.8, 4) is 51.7 Å². The second-order valence-electron chi connectivity index (χ2n) is 12.8. The number of hydrogen-bond donors (Lipinski definition) is 7. The highest BCUT2D eigenvalue weighted by molar-refractivity contribution is 5.80. The van der Waals surface area contributed by atoms with Crippen LogP contribution in [-0.2, 0) is 0 Å². The fraction of sp³-hybridized carbons (Fsp3) is 0.0952. The minimum atomic E-state index is -0.652. The summed E-state index contributed by atoms with van der Waals surface area (Å²) in [4.78, 5) is 0. The molecule has 0 aliphatic carbocycles. The summed E-state index contributed by atoms with van der Waals surface area (Å²) in [6.07, 6.45) is 2.52. The van der Waals surface area contributed by atoms with Gasteiger partial charge in [0.2, 0.25) is 0 Å². The molecule has 2 heterocycles. The minimum Gasteiger partial charge on any atom is -0.508 e. The Morgan fingerprint density at radius 1 is 0.373 bits per heavy atom. The maximum atomic E-state index is 10.7. The molecule has 9 heteroatoms. The van der Waals surface area contributed by atoms with Crippen LogP contribution in [-0.4, -0.2) is 35.7 Å². The molecule has 0 radical (unpaired) electrons. The van der Waals surface area contributed by atoms with Gasteiger partial charge in [-0.2, -0.15) is 0 Å². The van der Waals surface area contributed by atoms with E-state index in [2.05, 4.69) is 0 Å². The average Bonchev–Trinajstić information content (AvgIpc) is 3.66. The Labute approximate surface area is 292 Å². The zero-order valence-electron chi connectivity index (χ0n) is 26.9. The molecule has 0 saturated carbocycles. The van der Waals surface area contributed by atoms with Gasteiger partial charge in [0.25, 0.3) is 0 Å². The van der Waals surface area contributed by atoms with Gasteiger partial charge in [0.05, 0.1) is 11.8 Å². The van der Waals surface area contributed by atoms with Gasteiger partial charge < -0.3 is 45.2 Å². The quantitative estimate of drug-likeness (QED) is 0.0858. The molecule has 0 unspecified atom stereocenters. The van der Waals surface area contributed by atoms with E-state index < -0.39 is 24.0 Å². The molecule has 8 rings (SSSR count). The van der Waals surface area contributed by atoms with Crippen LogP contribution < -0.4 is 9.47 Å². The highest BCUT2D eigenvalue weighted by Gasteiger charge is 2.45. The second-order valence-corrected chi connectivity index (χ2v) is 12.8. The number of aromatic hydroxyl groups is 7. The van der Waals surface area contributed by atoms with E-state index in [1.54, 1.807) is 97.1 Å². The molecule has 254 valence electrons. The molecule has 7 N–H and O–H groups in total. The highest BCUT2D eigenvalue weighted by atomic mass is 16.5. The third-order valence-corrected chi connectivity index (χ3v) is 9.46. The molecular formula is C42H32O9. The normalized spacial score (nSPS) is 19.0. The largest absolute Gasteiger partial charge is 0.508 e. The molecule has 0 spiro atoms. The van der Waals surface area contributed by atoms with Gasteiger partial charge >= 0.3 is 0 Å². The smallest absolute Gasteiger partial charge is 0.135 e. The van der Waals surface area contributed by atoms with Gasteiger partial charge in [-0.3, -0.25) is 0 Å². The Bertz CT molecular complexity index is 2120. The van der Waals surface area contributed by atoms with Gasteiger partial charge in [0, 0.05) is 29.3 Å². The molecule has 4 atom stereocenters. The Balaban J connectivity index is 1.42. The summed E-state index contributed by atoms with van der Waals surface area (Å²) in [5.41, 5.74) is 5.59. The van der Waals surface area contributed by atoms with Gasteiger partial charge in [-0.25, -0.2) is 0 Å². The number of hydrogen-bond acceptors (Lipinski definition) is 9. The lowest BCUT2D eigenvalue weighted by molar-refractivity contribution is 0.212. The molecule has 0 amide bonds. The van der Waals surface area contributed by atoms with Crippen molar-refractivity contribution in [3.63, 3.8) is 0 Å². The fourth-order valence-electron chi connectivity index (χ4n) is 7.31. The first-order valence-electron chi connectivity index (χ1n) is 16.3. The predicted octanol–water partition coefficient (Wildman–Crippen LogP) is 8.33. The van der Waals surface area contributed by atoms with E-state index in [-0.39, 0.29) is 40.2 Å². The Morgan fingerprint density at radius 2 is 0.745 bits per heavy atom. The van der Waals surface area contributed by atoms with Crippen molar-refractivity contribution in [2.24, 2.45) is 0 Å². The lowest BCUT2D eigenvalue weighted by Crippen LogP contribution is -2.14. The van der Waals surface area contributed by atoms with Gasteiger partial charge in [-0.1, -0.05) is 48.6 Å². The Hall–Kier alpha value is -6.74. The van der Waals surface area contributed by atoms with Crippen LogP contribution in [0.25, 0.3) is 12.2 Å². The maximum Gasteiger partial charge on any atom is 0.135 e. The van der Waals surface area contributed by atoms with Gasteiger partial charge in [-0.05, 0) is 94.0 Å². The van der Waals surface area contributed by atoms with Crippen LogP contribution in [0.5, 0.6) is 51.7 Å². The summed E-state index contributed by atoms with van der Waals surface area (Å²) >= 11 is 0. The first-order chi connectivity index (χ1) is 24.6. The lowest BCUT2D eigenvalue weighted by atomic mass is 9.77. The van der Waals surface area contributed by atoms with Crippen molar-refractivity contribution in [3.05, 3.63) is 160 Å². The van der Waals surface area contributed by atoms with E-state index in [0.717, 1.165) is 27.8 Å². The van der Waals surface area contributed by atoms with Crippen LogP contribution in [0.4, 0.5) is 0 Å². The third-order valence-electron chi connectivity index (χ3n) is 9.46. The van der Waals surface area contributed by atoms with Crippen LogP contribution in [0.1, 0.15) is 68.6 Å². The number of fused-ring (bicyclic) bond motifs is 2. The summed E-state index contributed by atoms with van der Waals surface area (Å²) in [6.45, 7) is 0. The van der Waals surface area contributed by atoms with Crippen LogP contribution in [0, 0.1) is 0 Å².